The molecule has 2 rings (SSSR count). The number of hydrogen-bond donors (Lipinski definition) is 1. The van der Waals surface area contributed by atoms with Gasteiger partial charge in [-0.2, -0.15) is 0 Å². The third-order valence-corrected chi connectivity index (χ3v) is 3.69. The van der Waals surface area contributed by atoms with Crippen LogP contribution in [0.25, 0.3) is 0 Å². The van der Waals surface area contributed by atoms with E-state index in [4.69, 9.17) is 11.6 Å². The Kier molecular flexibility index (Phi) is 5.52. The smallest absolute Gasteiger partial charge is 0.127 e. The van der Waals surface area contributed by atoms with Gasteiger partial charge in [0, 0.05) is 27.9 Å². The molecule has 2 aromatic rings. The van der Waals surface area contributed by atoms with E-state index in [1.165, 1.54) is 6.07 Å². The molecule has 0 bridgehead atoms. The fraction of sp³-hybridized carbons (Fsp3) is 0.267. The normalized spacial score (nSPS) is 12.4. The van der Waals surface area contributed by atoms with Gasteiger partial charge >= 0.3 is 0 Å². The number of pyridine rings is 1. The van der Waals surface area contributed by atoms with Crippen LogP contribution in [0, 0.1) is 5.82 Å². The third-order valence-electron chi connectivity index (χ3n) is 3.02. The Bertz CT molecular complexity index is 592. The molecule has 0 aliphatic rings. The molecular weight excluding hydrogens is 343 g/mol. The summed E-state index contributed by atoms with van der Waals surface area (Å²) in [6, 6.07) is 6.80. The van der Waals surface area contributed by atoms with Crippen LogP contribution in [0.5, 0.6) is 0 Å². The number of rotatable bonds is 5. The molecule has 5 heteroatoms. The Labute approximate surface area is 131 Å². The molecule has 1 aromatic carbocycles. The summed E-state index contributed by atoms with van der Waals surface area (Å²) >= 11 is 9.19. The van der Waals surface area contributed by atoms with E-state index in [2.05, 4.69) is 26.2 Å². The fourth-order valence-electron chi connectivity index (χ4n) is 2.08. The molecule has 1 aromatic heterocycles. The third kappa shape index (κ3) is 4.01. The lowest BCUT2D eigenvalue weighted by atomic mass is 10.00. The first-order valence-electron chi connectivity index (χ1n) is 6.38. The zero-order valence-corrected chi connectivity index (χ0v) is 13.4. The number of nitrogens with zero attached hydrogens (tertiary/aromatic N) is 1. The van der Waals surface area contributed by atoms with Crippen LogP contribution >= 0.6 is 27.5 Å². The molecule has 1 heterocycles. The number of hydrogen-bond acceptors (Lipinski definition) is 2. The van der Waals surface area contributed by atoms with E-state index in [0.29, 0.717) is 17.0 Å². The summed E-state index contributed by atoms with van der Waals surface area (Å²) in [6.45, 7) is 2.82. The van der Waals surface area contributed by atoms with Gasteiger partial charge in [-0.1, -0.05) is 24.6 Å². The SMILES string of the molecule is CCNC(Cc1ccc(Cl)cc1F)c1cncc(Br)c1. The predicted octanol–water partition coefficient (Wildman–Crippen LogP) is 4.53. The molecule has 0 saturated carbocycles. The lowest BCUT2D eigenvalue weighted by Gasteiger charge is -2.19. The van der Waals surface area contributed by atoms with E-state index in [0.717, 1.165) is 16.6 Å². The van der Waals surface area contributed by atoms with Gasteiger partial charge in [-0.3, -0.25) is 4.98 Å². The highest BCUT2D eigenvalue weighted by molar-refractivity contribution is 9.10. The van der Waals surface area contributed by atoms with Crippen molar-refractivity contribution in [2.75, 3.05) is 6.54 Å². The maximum absolute atomic E-state index is 13.9. The molecule has 0 fully saturated rings. The van der Waals surface area contributed by atoms with Crippen molar-refractivity contribution in [3.05, 3.63) is 63.1 Å². The van der Waals surface area contributed by atoms with Crippen LogP contribution in [0.2, 0.25) is 5.02 Å². The number of benzene rings is 1. The summed E-state index contributed by atoms with van der Waals surface area (Å²) in [5.74, 6) is -0.275. The van der Waals surface area contributed by atoms with Crippen molar-refractivity contribution in [1.82, 2.24) is 10.3 Å². The van der Waals surface area contributed by atoms with Crippen LogP contribution in [0.4, 0.5) is 4.39 Å². The van der Waals surface area contributed by atoms with Crippen molar-refractivity contribution in [1.29, 1.82) is 0 Å². The molecule has 1 N–H and O–H groups in total. The van der Waals surface area contributed by atoms with Crippen molar-refractivity contribution in [3.63, 3.8) is 0 Å². The van der Waals surface area contributed by atoms with E-state index >= 15 is 0 Å². The van der Waals surface area contributed by atoms with Gasteiger partial charge in [-0.25, -0.2) is 4.39 Å². The minimum absolute atomic E-state index is 0.0145. The van der Waals surface area contributed by atoms with E-state index in [-0.39, 0.29) is 11.9 Å². The summed E-state index contributed by atoms with van der Waals surface area (Å²) in [6.07, 6.45) is 4.08. The first-order chi connectivity index (χ1) is 9.60. The molecule has 0 aliphatic carbocycles. The zero-order valence-electron chi connectivity index (χ0n) is 11.0. The second-order valence-corrected chi connectivity index (χ2v) is 5.84. The van der Waals surface area contributed by atoms with Crippen molar-refractivity contribution in [3.8, 4) is 0 Å². The van der Waals surface area contributed by atoms with Crippen molar-refractivity contribution in [2.24, 2.45) is 0 Å². The minimum Gasteiger partial charge on any atom is -0.310 e. The summed E-state index contributed by atoms with van der Waals surface area (Å²) in [4.78, 5) is 4.16. The highest BCUT2D eigenvalue weighted by Gasteiger charge is 2.14. The Balaban J connectivity index is 2.25. The predicted molar refractivity (Wildman–Crippen MR) is 83.5 cm³/mol. The van der Waals surface area contributed by atoms with E-state index < -0.39 is 0 Å². The van der Waals surface area contributed by atoms with Crippen LogP contribution in [-0.4, -0.2) is 11.5 Å². The van der Waals surface area contributed by atoms with Crippen LogP contribution in [0.15, 0.2) is 41.1 Å². The molecule has 0 aliphatic heterocycles. The highest BCUT2D eigenvalue weighted by atomic mass is 79.9. The van der Waals surface area contributed by atoms with Crippen molar-refractivity contribution >= 4 is 27.5 Å². The summed E-state index contributed by atoms with van der Waals surface area (Å²) < 4.78 is 14.8. The topological polar surface area (TPSA) is 24.9 Å². The largest absolute Gasteiger partial charge is 0.310 e. The fourth-order valence-corrected chi connectivity index (χ4v) is 2.62. The van der Waals surface area contributed by atoms with Gasteiger partial charge in [0.05, 0.1) is 0 Å². The van der Waals surface area contributed by atoms with Crippen LogP contribution < -0.4 is 5.32 Å². The molecular formula is C15H15BrClFN2. The summed E-state index contributed by atoms with van der Waals surface area (Å²) in [5.41, 5.74) is 1.66. The maximum Gasteiger partial charge on any atom is 0.127 e. The van der Waals surface area contributed by atoms with Crippen LogP contribution in [0.1, 0.15) is 24.1 Å². The lowest BCUT2D eigenvalue weighted by molar-refractivity contribution is 0.526. The van der Waals surface area contributed by atoms with E-state index in [9.17, 15) is 4.39 Å². The second kappa shape index (κ2) is 7.16. The van der Waals surface area contributed by atoms with E-state index in [1.807, 2.05) is 13.0 Å². The molecule has 106 valence electrons. The zero-order chi connectivity index (χ0) is 14.5. The van der Waals surface area contributed by atoms with E-state index in [1.54, 1.807) is 24.5 Å². The molecule has 0 amide bonds. The van der Waals surface area contributed by atoms with Crippen molar-refractivity contribution in [2.45, 2.75) is 19.4 Å². The van der Waals surface area contributed by atoms with Gasteiger partial charge in [0.1, 0.15) is 5.82 Å². The molecule has 1 atom stereocenters. The molecule has 0 spiro atoms. The Morgan fingerprint density at radius 1 is 1.35 bits per heavy atom. The Hall–Kier alpha value is -0.970. The molecule has 0 radical (unpaired) electrons. The van der Waals surface area contributed by atoms with Crippen LogP contribution in [0.3, 0.4) is 0 Å². The van der Waals surface area contributed by atoms with Gasteiger partial charge in [-0.05, 0) is 58.2 Å². The Morgan fingerprint density at radius 3 is 2.80 bits per heavy atom. The molecule has 0 saturated heterocycles. The van der Waals surface area contributed by atoms with Crippen molar-refractivity contribution < 1.29 is 4.39 Å². The minimum atomic E-state index is -0.275. The molecule has 20 heavy (non-hydrogen) atoms. The highest BCUT2D eigenvalue weighted by Crippen LogP contribution is 2.23. The lowest BCUT2D eigenvalue weighted by Crippen LogP contribution is -2.23. The maximum atomic E-state index is 13.9. The quantitative estimate of drug-likeness (QED) is 0.850. The molecule has 2 nitrogen and oxygen atoms in total. The van der Waals surface area contributed by atoms with Crippen LogP contribution in [-0.2, 0) is 6.42 Å². The number of aromatic nitrogens is 1. The molecule has 1 unspecified atom stereocenters. The number of likely N-dealkylation sites (N-methyl/N-ethyl adjacent to an activating group) is 1. The first kappa shape index (κ1) is 15.4. The number of halogens is 3. The average molecular weight is 358 g/mol. The van der Waals surface area contributed by atoms with Gasteiger partial charge in [0.15, 0.2) is 0 Å². The van der Waals surface area contributed by atoms with Gasteiger partial charge in [-0.15, -0.1) is 0 Å². The number of nitrogens with one attached hydrogen (secondary N) is 1. The van der Waals surface area contributed by atoms with Gasteiger partial charge in [0.25, 0.3) is 0 Å². The first-order valence-corrected chi connectivity index (χ1v) is 7.55. The van der Waals surface area contributed by atoms with Gasteiger partial charge < -0.3 is 5.32 Å². The average Bonchev–Trinajstić information content (AvgIpc) is 2.41. The standard InChI is InChI=1S/C15H15BrClFN2/c1-2-20-15(11-5-12(16)9-19-8-11)6-10-3-4-13(17)7-14(10)18/h3-5,7-9,15,20H,2,6H2,1H3. The summed E-state index contributed by atoms with van der Waals surface area (Å²) in [7, 11) is 0. The summed E-state index contributed by atoms with van der Waals surface area (Å²) in [5, 5.41) is 3.77. The second-order valence-electron chi connectivity index (χ2n) is 4.49. The Morgan fingerprint density at radius 2 is 2.15 bits per heavy atom. The monoisotopic (exact) mass is 356 g/mol. The van der Waals surface area contributed by atoms with Gasteiger partial charge in [0.2, 0.25) is 0 Å².